The van der Waals surface area contributed by atoms with Gasteiger partial charge in [0.05, 0.1) is 17.2 Å². The van der Waals surface area contributed by atoms with E-state index >= 15 is 0 Å². The largest absolute Gasteiger partial charge is 0.460 e. The highest BCUT2D eigenvalue weighted by molar-refractivity contribution is 6.34. The van der Waals surface area contributed by atoms with Crippen LogP contribution in [0.4, 0.5) is 24.8 Å². The van der Waals surface area contributed by atoms with Crippen LogP contribution in [-0.4, -0.2) is 41.4 Å². The first kappa shape index (κ1) is 16.9. The Morgan fingerprint density at radius 2 is 1.73 bits per heavy atom. The molecule has 0 spiro atoms. The summed E-state index contributed by atoms with van der Waals surface area (Å²) >= 11 is 6.01. The van der Waals surface area contributed by atoms with Gasteiger partial charge in [-0.15, -0.1) is 10.2 Å². The molecule has 0 radical (unpaired) electrons. The first-order chi connectivity index (χ1) is 12.4. The van der Waals surface area contributed by atoms with Gasteiger partial charge in [-0.3, -0.25) is 0 Å². The Bertz CT molecular complexity index is 920. The Kier molecular flexibility index (Phi) is 4.10. The van der Waals surface area contributed by atoms with Gasteiger partial charge in [0.2, 0.25) is 0 Å². The Hall–Kier alpha value is -2.55. The van der Waals surface area contributed by atoms with Crippen molar-refractivity contribution in [2.75, 3.05) is 36.0 Å². The lowest BCUT2D eigenvalue weighted by Gasteiger charge is -2.35. The molecule has 6 nitrogen and oxygen atoms in total. The number of pyridine rings is 1. The van der Waals surface area contributed by atoms with Gasteiger partial charge in [0.1, 0.15) is 5.82 Å². The molecule has 4 rings (SSSR count). The van der Waals surface area contributed by atoms with E-state index in [1.807, 2.05) is 9.80 Å². The zero-order valence-corrected chi connectivity index (χ0v) is 14.1. The first-order valence-electron chi connectivity index (χ1n) is 7.86. The molecule has 0 aromatic carbocycles. The standard InChI is InChI=1S/C16H13ClF3N5O/c17-14-11-3-8-26-13(11)15(23-22-14)25-6-4-24(5-7-25)12-2-1-10(9-21-12)16(18,19)20/h1-3,8-9H,4-7H2. The third-order valence-electron chi connectivity index (χ3n) is 4.30. The van der Waals surface area contributed by atoms with Crippen LogP contribution in [0.5, 0.6) is 0 Å². The van der Waals surface area contributed by atoms with Crippen LogP contribution in [-0.2, 0) is 6.18 Å². The fourth-order valence-electron chi connectivity index (χ4n) is 2.93. The van der Waals surface area contributed by atoms with E-state index in [0.29, 0.717) is 48.8 Å². The van der Waals surface area contributed by atoms with Crippen LogP contribution in [0.3, 0.4) is 0 Å². The zero-order chi connectivity index (χ0) is 18.3. The number of rotatable bonds is 2. The minimum absolute atomic E-state index is 0.282. The minimum Gasteiger partial charge on any atom is -0.460 e. The topological polar surface area (TPSA) is 58.3 Å². The van der Waals surface area contributed by atoms with Crippen LogP contribution in [0.15, 0.2) is 35.1 Å². The van der Waals surface area contributed by atoms with Crippen molar-refractivity contribution in [3.05, 3.63) is 41.4 Å². The highest BCUT2D eigenvalue weighted by Crippen LogP contribution is 2.31. The summed E-state index contributed by atoms with van der Waals surface area (Å²) < 4.78 is 43.4. The smallest absolute Gasteiger partial charge is 0.417 e. The fraction of sp³-hybridized carbons (Fsp3) is 0.312. The highest BCUT2D eigenvalue weighted by atomic mass is 35.5. The molecular formula is C16H13ClF3N5O. The molecule has 26 heavy (non-hydrogen) atoms. The van der Waals surface area contributed by atoms with Gasteiger partial charge in [-0.25, -0.2) is 4.98 Å². The molecule has 0 N–H and O–H groups in total. The van der Waals surface area contributed by atoms with E-state index in [4.69, 9.17) is 16.0 Å². The van der Waals surface area contributed by atoms with E-state index in [1.54, 1.807) is 6.07 Å². The number of alkyl halides is 3. The van der Waals surface area contributed by atoms with Crippen molar-refractivity contribution in [3.8, 4) is 0 Å². The van der Waals surface area contributed by atoms with Crippen molar-refractivity contribution >= 4 is 34.2 Å². The monoisotopic (exact) mass is 383 g/mol. The maximum atomic E-state index is 12.6. The fourth-order valence-corrected chi connectivity index (χ4v) is 3.12. The SMILES string of the molecule is FC(F)(F)c1ccc(N2CCN(c3nnc(Cl)c4ccoc34)CC2)nc1. The number of anilines is 2. The number of furan rings is 1. The predicted octanol–water partition coefficient (Wildman–Crippen LogP) is 3.62. The van der Waals surface area contributed by atoms with Gasteiger partial charge in [0.25, 0.3) is 0 Å². The van der Waals surface area contributed by atoms with Crippen LogP contribution in [0, 0.1) is 0 Å². The summed E-state index contributed by atoms with van der Waals surface area (Å²) in [6.45, 7) is 2.39. The van der Waals surface area contributed by atoms with E-state index in [2.05, 4.69) is 15.2 Å². The van der Waals surface area contributed by atoms with Gasteiger partial charge in [0, 0.05) is 32.4 Å². The second-order valence-corrected chi connectivity index (χ2v) is 6.21. The maximum absolute atomic E-state index is 12.6. The summed E-state index contributed by atoms with van der Waals surface area (Å²) in [5.41, 5.74) is -0.178. The first-order valence-corrected chi connectivity index (χ1v) is 8.24. The van der Waals surface area contributed by atoms with Gasteiger partial charge < -0.3 is 14.2 Å². The molecular weight excluding hydrogens is 371 g/mol. The van der Waals surface area contributed by atoms with Crippen molar-refractivity contribution in [1.29, 1.82) is 0 Å². The van der Waals surface area contributed by atoms with Crippen LogP contribution < -0.4 is 9.80 Å². The molecule has 0 bridgehead atoms. The van der Waals surface area contributed by atoms with E-state index < -0.39 is 11.7 Å². The number of hydrogen-bond donors (Lipinski definition) is 0. The number of hydrogen-bond acceptors (Lipinski definition) is 6. The Morgan fingerprint density at radius 3 is 2.38 bits per heavy atom. The molecule has 1 aliphatic heterocycles. The van der Waals surface area contributed by atoms with Crippen LogP contribution >= 0.6 is 11.6 Å². The third-order valence-corrected chi connectivity index (χ3v) is 4.58. The molecule has 1 saturated heterocycles. The minimum atomic E-state index is -4.38. The van der Waals surface area contributed by atoms with E-state index in [9.17, 15) is 13.2 Å². The molecule has 0 unspecified atom stereocenters. The van der Waals surface area contributed by atoms with Crippen molar-refractivity contribution in [2.45, 2.75) is 6.18 Å². The second-order valence-electron chi connectivity index (χ2n) is 5.85. The van der Waals surface area contributed by atoms with E-state index in [0.717, 1.165) is 12.3 Å². The highest BCUT2D eigenvalue weighted by Gasteiger charge is 2.31. The van der Waals surface area contributed by atoms with Gasteiger partial charge in [-0.05, 0) is 18.2 Å². The molecule has 0 aliphatic carbocycles. The molecule has 136 valence electrons. The molecule has 10 heteroatoms. The second kappa shape index (κ2) is 6.31. The van der Waals surface area contributed by atoms with Gasteiger partial charge in [-0.1, -0.05) is 11.6 Å². The number of piperazine rings is 1. The lowest BCUT2D eigenvalue weighted by atomic mass is 10.2. The van der Waals surface area contributed by atoms with Crippen molar-refractivity contribution in [3.63, 3.8) is 0 Å². The number of fused-ring (bicyclic) bond motifs is 1. The van der Waals surface area contributed by atoms with Crippen molar-refractivity contribution in [2.24, 2.45) is 0 Å². The molecule has 1 aliphatic rings. The molecule has 4 heterocycles. The summed E-state index contributed by atoms with van der Waals surface area (Å²) in [7, 11) is 0. The summed E-state index contributed by atoms with van der Waals surface area (Å²) in [6.07, 6.45) is -1.99. The van der Waals surface area contributed by atoms with Gasteiger partial charge in [-0.2, -0.15) is 13.2 Å². The van der Waals surface area contributed by atoms with E-state index in [-0.39, 0.29) is 5.15 Å². The molecule has 0 saturated carbocycles. The lowest BCUT2D eigenvalue weighted by Crippen LogP contribution is -2.47. The number of aromatic nitrogens is 3. The number of nitrogens with zero attached hydrogens (tertiary/aromatic N) is 5. The lowest BCUT2D eigenvalue weighted by molar-refractivity contribution is -0.137. The average molecular weight is 384 g/mol. The zero-order valence-electron chi connectivity index (χ0n) is 13.4. The summed E-state index contributed by atoms with van der Waals surface area (Å²) in [5.74, 6) is 1.12. The molecule has 3 aromatic heterocycles. The predicted molar refractivity (Wildman–Crippen MR) is 90.5 cm³/mol. The van der Waals surface area contributed by atoms with Crippen LogP contribution in [0.25, 0.3) is 11.0 Å². The van der Waals surface area contributed by atoms with Crippen LogP contribution in [0.1, 0.15) is 5.56 Å². The molecule has 0 atom stereocenters. The summed E-state index contributed by atoms with van der Waals surface area (Å²) in [6, 6.07) is 4.18. The van der Waals surface area contributed by atoms with Gasteiger partial charge >= 0.3 is 6.18 Å². The Balaban J connectivity index is 1.49. The third kappa shape index (κ3) is 3.03. The van der Waals surface area contributed by atoms with Crippen LogP contribution in [0.2, 0.25) is 5.15 Å². The Morgan fingerprint density at radius 1 is 1.00 bits per heavy atom. The Labute approximate surface area is 151 Å². The normalized spacial score (nSPS) is 15.7. The maximum Gasteiger partial charge on any atom is 0.417 e. The summed E-state index contributed by atoms with van der Waals surface area (Å²) in [5, 5.41) is 9.06. The van der Waals surface area contributed by atoms with Gasteiger partial charge in [0.15, 0.2) is 16.6 Å². The molecule has 3 aromatic rings. The van der Waals surface area contributed by atoms with Crippen molar-refractivity contribution < 1.29 is 17.6 Å². The quantitative estimate of drug-likeness (QED) is 0.673. The van der Waals surface area contributed by atoms with E-state index in [1.165, 1.54) is 12.3 Å². The average Bonchev–Trinajstić information content (AvgIpc) is 3.12. The molecule has 1 fully saturated rings. The summed E-state index contributed by atoms with van der Waals surface area (Å²) in [4.78, 5) is 7.88. The van der Waals surface area contributed by atoms with Crippen molar-refractivity contribution in [1.82, 2.24) is 15.2 Å². The number of halogens is 4. The molecule has 0 amide bonds.